The number of hydrogen-bond acceptors (Lipinski definition) is 4. The zero-order valence-electron chi connectivity index (χ0n) is 12.9. The molecule has 8 heteroatoms. The van der Waals surface area contributed by atoms with E-state index in [1.165, 1.54) is 6.08 Å². The smallest absolute Gasteiger partial charge is 0.329 e. The summed E-state index contributed by atoms with van der Waals surface area (Å²) in [6, 6.07) is 6.47. The van der Waals surface area contributed by atoms with Gasteiger partial charge in [-0.15, -0.1) is 0 Å². The largest absolute Gasteiger partial charge is 0.480 e. The molecule has 0 radical (unpaired) electrons. The second-order valence-electron chi connectivity index (χ2n) is 5.35. The fraction of sp³-hybridized carbons (Fsp3) is 0.333. The van der Waals surface area contributed by atoms with Gasteiger partial charge in [-0.05, 0) is 24.0 Å². The van der Waals surface area contributed by atoms with Crippen molar-refractivity contribution in [3.63, 3.8) is 0 Å². The number of carbonyl (C=O) groups excluding carboxylic acids is 1. The van der Waals surface area contributed by atoms with Crippen molar-refractivity contribution < 1.29 is 23.1 Å². The van der Waals surface area contributed by atoms with E-state index in [0.717, 1.165) is 5.41 Å². The van der Waals surface area contributed by atoms with Gasteiger partial charge in [-0.1, -0.05) is 44.2 Å². The highest BCUT2D eigenvalue weighted by molar-refractivity contribution is 7.93. The molecule has 1 aromatic rings. The summed E-state index contributed by atoms with van der Waals surface area (Å²) in [6.07, 6.45) is 1.53. The number of carboxylic acids is 1. The monoisotopic (exact) mass is 340 g/mol. The Balaban J connectivity index is 2.67. The van der Waals surface area contributed by atoms with Gasteiger partial charge in [-0.2, -0.15) is 0 Å². The lowest BCUT2D eigenvalue weighted by molar-refractivity contribution is -0.139. The lowest BCUT2D eigenvalue weighted by atomic mass is 10.0. The van der Waals surface area contributed by atoms with Crippen molar-refractivity contribution in [2.24, 2.45) is 5.92 Å². The van der Waals surface area contributed by atoms with E-state index >= 15 is 0 Å². The number of amides is 2. The van der Waals surface area contributed by atoms with Crippen molar-refractivity contribution in [1.29, 1.82) is 0 Å². The van der Waals surface area contributed by atoms with Gasteiger partial charge in [0.05, 0.1) is 5.41 Å². The molecule has 0 aliphatic heterocycles. The van der Waals surface area contributed by atoms with Crippen molar-refractivity contribution in [2.45, 2.75) is 26.3 Å². The summed E-state index contributed by atoms with van der Waals surface area (Å²) >= 11 is 0. The number of hydrogen-bond donors (Lipinski definition) is 3. The van der Waals surface area contributed by atoms with E-state index in [-0.39, 0.29) is 12.3 Å². The summed E-state index contributed by atoms with van der Waals surface area (Å²) in [6.45, 7) is 3.60. The molecule has 126 valence electrons. The average molecular weight is 340 g/mol. The van der Waals surface area contributed by atoms with Crippen molar-refractivity contribution in [3.8, 4) is 0 Å². The SMILES string of the molecule is CC(C)C[C@H](NC(=O)NS(=O)(=O)C=Cc1ccccc1)C(=O)O. The number of nitrogens with one attached hydrogen (secondary N) is 2. The summed E-state index contributed by atoms with van der Waals surface area (Å²) in [5, 5.41) is 12.0. The van der Waals surface area contributed by atoms with Gasteiger partial charge in [0.15, 0.2) is 0 Å². The van der Waals surface area contributed by atoms with E-state index < -0.39 is 28.1 Å². The Hall–Kier alpha value is -2.35. The molecule has 0 spiro atoms. The van der Waals surface area contributed by atoms with E-state index in [9.17, 15) is 18.0 Å². The molecule has 0 aliphatic rings. The van der Waals surface area contributed by atoms with Gasteiger partial charge in [0, 0.05) is 0 Å². The first-order valence-corrected chi connectivity index (χ1v) is 8.53. The van der Waals surface area contributed by atoms with Crippen LogP contribution in [0.3, 0.4) is 0 Å². The van der Waals surface area contributed by atoms with Crippen LogP contribution in [0, 0.1) is 5.92 Å². The first-order valence-electron chi connectivity index (χ1n) is 6.99. The van der Waals surface area contributed by atoms with Crippen molar-refractivity contribution >= 4 is 28.1 Å². The molecule has 3 N–H and O–H groups in total. The van der Waals surface area contributed by atoms with Gasteiger partial charge < -0.3 is 10.4 Å². The van der Waals surface area contributed by atoms with Gasteiger partial charge in [-0.3, -0.25) is 0 Å². The molecule has 2 amide bonds. The third kappa shape index (κ3) is 7.46. The molecule has 0 unspecified atom stereocenters. The topological polar surface area (TPSA) is 113 Å². The lowest BCUT2D eigenvalue weighted by Crippen LogP contribution is -2.47. The Kier molecular flexibility index (Phi) is 6.77. The number of benzene rings is 1. The molecule has 0 saturated heterocycles. The molecule has 0 aromatic heterocycles. The summed E-state index contributed by atoms with van der Waals surface area (Å²) < 4.78 is 25.3. The molecule has 1 rings (SSSR count). The van der Waals surface area contributed by atoms with E-state index in [1.807, 2.05) is 0 Å². The van der Waals surface area contributed by atoms with Gasteiger partial charge >= 0.3 is 12.0 Å². The highest BCUT2D eigenvalue weighted by atomic mass is 32.2. The van der Waals surface area contributed by atoms with Crippen molar-refractivity contribution in [3.05, 3.63) is 41.3 Å². The maximum atomic E-state index is 11.8. The Morgan fingerprint density at radius 1 is 1.22 bits per heavy atom. The number of carbonyl (C=O) groups is 2. The maximum Gasteiger partial charge on any atom is 0.329 e. The van der Waals surface area contributed by atoms with E-state index in [0.29, 0.717) is 5.56 Å². The fourth-order valence-electron chi connectivity index (χ4n) is 1.78. The van der Waals surface area contributed by atoms with Gasteiger partial charge in [0.1, 0.15) is 6.04 Å². The summed E-state index contributed by atoms with van der Waals surface area (Å²) in [7, 11) is -4.01. The molecular weight excluding hydrogens is 320 g/mol. The van der Waals surface area contributed by atoms with Gasteiger partial charge in [0.25, 0.3) is 10.0 Å². The van der Waals surface area contributed by atoms with Crippen molar-refractivity contribution in [1.82, 2.24) is 10.0 Å². The molecule has 1 atom stereocenters. The maximum absolute atomic E-state index is 11.8. The molecule has 0 fully saturated rings. The van der Waals surface area contributed by atoms with Crippen LogP contribution in [0.1, 0.15) is 25.8 Å². The first-order chi connectivity index (χ1) is 10.7. The molecule has 0 heterocycles. The number of urea groups is 1. The minimum Gasteiger partial charge on any atom is -0.480 e. The molecule has 0 aliphatic carbocycles. The Bertz CT molecular complexity index is 668. The zero-order valence-corrected chi connectivity index (χ0v) is 13.7. The van der Waals surface area contributed by atoms with Crippen LogP contribution < -0.4 is 10.0 Å². The molecule has 0 saturated carbocycles. The summed E-state index contributed by atoms with van der Waals surface area (Å²) in [5.41, 5.74) is 0.654. The molecule has 0 bridgehead atoms. The van der Waals surface area contributed by atoms with Crippen molar-refractivity contribution in [2.75, 3.05) is 0 Å². The third-order valence-electron chi connectivity index (χ3n) is 2.78. The number of rotatable bonds is 7. The van der Waals surface area contributed by atoms with Crippen LogP contribution in [0.2, 0.25) is 0 Å². The number of carboxylic acid groups (broad SMARTS) is 1. The van der Waals surface area contributed by atoms with Crippen LogP contribution in [0.4, 0.5) is 4.79 Å². The second-order valence-corrected chi connectivity index (χ2v) is 6.92. The van der Waals surface area contributed by atoms with Crippen LogP contribution in [0.15, 0.2) is 35.7 Å². The van der Waals surface area contributed by atoms with Crippen LogP contribution in [0.5, 0.6) is 0 Å². The predicted octanol–water partition coefficient (Wildman–Crippen LogP) is 1.79. The predicted molar refractivity (Wildman–Crippen MR) is 86.9 cm³/mol. The van der Waals surface area contributed by atoms with Crippen LogP contribution in [0.25, 0.3) is 6.08 Å². The summed E-state index contributed by atoms with van der Waals surface area (Å²) in [5.74, 6) is -1.18. The van der Waals surface area contributed by atoms with Crippen LogP contribution in [-0.4, -0.2) is 31.6 Å². The Labute approximate surface area is 135 Å². The minimum atomic E-state index is -4.01. The quantitative estimate of drug-likeness (QED) is 0.700. The number of sulfonamides is 1. The van der Waals surface area contributed by atoms with E-state index in [2.05, 4.69) is 5.32 Å². The highest BCUT2D eigenvalue weighted by Crippen LogP contribution is 2.05. The molecule has 23 heavy (non-hydrogen) atoms. The zero-order chi connectivity index (χ0) is 17.5. The minimum absolute atomic E-state index is 0.0333. The summed E-state index contributed by atoms with van der Waals surface area (Å²) in [4.78, 5) is 22.7. The Morgan fingerprint density at radius 3 is 2.35 bits per heavy atom. The van der Waals surface area contributed by atoms with Crippen LogP contribution in [-0.2, 0) is 14.8 Å². The molecular formula is C15H20N2O5S. The first kappa shape index (κ1) is 18.7. The van der Waals surface area contributed by atoms with Gasteiger partial charge in [-0.25, -0.2) is 22.7 Å². The third-order valence-corrected chi connectivity index (χ3v) is 3.75. The lowest BCUT2D eigenvalue weighted by Gasteiger charge is -2.16. The second kappa shape index (κ2) is 8.33. The highest BCUT2D eigenvalue weighted by Gasteiger charge is 2.22. The fourth-order valence-corrected chi connectivity index (χ4v) is 2.50. The van der Waals surface area contributed by atoms with Crippen LogP contribution >= 0.6 is 0 Å². The van der Waals surface area contributed by atoms with E-state index in [4.69, 9.17) is 5.11 Å². The van der Waals surface area contributed by atoms with Gasteiger partial charge in [0.2, 0.25) is 0 Å². The average Bonchev–Trinajstić information content (AvgIpc) is 2.44. The normalized spacial score (nSPS) is 13.0. The Morgan fingerprint density at radius 2 is 1.83 bits per heavy atom. The number of aliphatic carboxylic acids is 1. The molecule has 1 aromatic carbocycles. The van der Waals surface area contributed by atoms with E-state index in [1.54, 1.807) is 48.9 Å². The standard InChI is InChI=1S/C15H20N2O5S/c1-11(2)10-13(14(18)19)16-15(20)17-23(21,22)9-8-12-6-4-3-5-7-12/h3-9,11,13H,10H2,1-2H3,(H,18,19)(H2,16,17,20)/t13-/m0/s1. The molecule has 7 nitrogen and oxygen atoms in total.